The van der Waals surface area contributed by atoms with Crippen LogP contribution in [0.25, 0.3) is 0 Å². The molecular weight excluding hydrogens is 282 g/mol. The second kappa shape index (κ2) is 6.19. The molecule has 3 rings (SSSR count). The third kappa shape index (κ3) is 2.86. The second-order valence-corrected chi connectivity index (χ2v) is 4.68. The van der Waals surface area contributed by atoms with Gasteiger partial charge in [-0.05, 0) is 30.3 Å². The molecule has 1 aliphatic heterocycles. The van der Waals surface area contributed by atoms with Gasteiger partial charge >= 0.3 is 0 Å². The Hall–Kier alpha value is -3.00. The molecule has 0 fully saturated rings. The number of benzene rings is 2. The lowest BCUT2D eigenvalue weighted by molar-refractivity contribution is 0.0920. The second-order valence-electron chi connectivity index (χ2n) is 4.68. The van der Waals surface area contributed by atoms with E-state index in [1.807, 2.05) is 6.07 Å². The molecule has 0 N–H and O–H groups in total. The van der Waals surface area contributed by atoms with Crippen LogP contribution in [-0.4, -0.2) is 25.6 Å². The van der Waals surface area contributed by atoms with E-state index in [0.717, 1.165) is 0 Å². The molecule has 2 aromatic carbocycles. The molecule has 1 aliphatic rings. The molecule has 5 nitrogen and oxygen atoms in total. The summed E-state index contributed by atoms with van der Waals surface area (Å²) < 4.78 is 16.3. The molecule has 2 aromatic rings. The molecule has 0 aliphatic carbocycles. The minimum absolute atomic E-state index is 0.141. The maximum absolute atomic E-state index is 12.2. The van der Waals surface area contributed by atoms with Crippen LogP contribution in [0.4, 0.5) is 0 Å². The van der Waals surface area contributed by atoms with Crippen LogP contribution < -0.4 is 14.2 Å². The number of hydrogen-bond acceptors (Lipinski definition) is 5. The first-order valence-electron chi connectivity index (χ1n) is 6.83. The number of nitriles is 1. The highest BCUT2D eigenvalue weighted by Crippen LogP contribution is 2.30. The smallest absolute Gasteiger partial charge is 0.200 e. The van der Waals surface area contributed by atoms with Crippen LogP contribution in [0.3, 0.4) is 0 Å². The molecule has 0 amide bonds. The molecule has 0 bridgehead atoms. The standard InChI is InChI=1S/C17H13NO4/c18-10-13-3-1-2-4-15(13)22-11-14(19)12-5-6-16-17(9-12)21-8-7-20-16/h1-6,9H,7-8,11H2. The van der Waals surface area contributed by atoms with Crippen LogP contribution in [0.5, 0.6) is 17.2 Å². The molecule has 5 heteroatoms. The van der Waals surface area contributed by atoms with Gasteiger partial charge in [0.2, 0.25) is 0 Å². The summed E-state index contributed by atoms with van der Waals surface area (Å²) in [6, 6.07) is 13.9. The Kier molecular flexibility index (Phi) is 3.92. The minimum atomic E-state index is -0.190. The molecule has 0 atom stereocenters. The topological polar surface area (TPSA) is 68.5 Å². The van der Waals surface area contributed by atoms with Crippen molar-refractivity contribution < 1.29 is 19.0 Å². The van der Waals surface area contributed by atoms with Gasteiger partial charge in [0, 0.05) is 5.56 Å². The number of carbonyl (C=O) groups is 1. The highest BCUT2D eigenvalue weighted by molar-refractivity contribution is 5.97. The van der Waals surface area contributed by atoms with E-state index >= 15 is 0 Å². The number of nitrogens with zero attached hydrogens (tertiary/aromatic N) is 1. The first-order valence-corrected chi connectivity index (χ1v) is 6.83. The zero-order valence-electron chi connectivity index (χ0n) is 11.7. The first kappa shape index (κ1) is 14.0. The van der Waals surface area contributed by atoms with Crippen LogP contribution in [0, 0.1) is 11.3 Å². The highest BCUT2D eigenvalue weighted by Gasteiger charge is 2.15. The summed E-state index contributed by atoms with van der Waals surface area (Å²) in [6.07, 6.45) is 0. The Morgan fingerprint density at radius 3 is 2.73 bits per heavy atom. The fourth-order valence-electron chi connectivity index (χ4n) is 2.13. The quantitative estimate of drug-likeness (QED) is 0.811. The van der Waals surface area contributed by atoms with Crippen molar-refractivity contribution in [3.63, 3.8) is 0 Å². The molecular formula is C17H13NO4. The van der Waals surface area contributed by atoms with Gasteiger partial charge in [0.25, 0.3) is 0 Å². The van der Waals surface area contributed by atoms with Gasteiger partial charge in [-0.25, -0.2) is 0 Å². The third-order valence-electron chi connectivity index (χ3n) is 3.23. The molecule has 0 aromatic heterocycles. The van der Waals surface area contributed by atoms with Crippen molar-refractivity contribution in [1.82, 2.24) is 0 Å². The van der Waals surface area contributed by atoms with Crippen LogP contribution >= 0.6 is 0 Å². The number of Topliss-reactive ketones (excluding diaryl/α,β-unsaturated/α-hetero) is 1. The van der Waals surface area contributed by atoms with E-state index < -0.39 is 0 Å². The van der Waals surface area contributed by atoms with E-state index in [-0.39, 0.29) is 12.4 Å². The Morgan fingerprint density at radius 2 is 1.91 bits per heavy atom. The highest BCUT2D eigenvalue weighted by atomic mass is 16.6. The predicted molar refractivity (Wildman–Crippen MR) is 78.4 cm³/mol. The lowest BCUT2D eigenvalue weighted by atomic mass is 10.1. The number of hydrogen-bond donors (Lipinski definition) is 0. The zero-order valence-corrected chi connectivity index (χ0v) is 11.7. The summed E-state index contributed by atoms with van der Waals surface area (Å²) in [7, 11) is 0. The Bertz CT molecular complexity index is 749. The lowest BCUT2D eigenvalue weighted by Gasteiger charge is -2.18. The van der Waals surface area contributed by atoms with Gasteiger partial charge in [-0.2, -0.15) is 5.26 Å². The molecule has 22 heavy (non-hydrogen) atoms. The maximum atomic E-state index is 12.2. The van der Waals surface area contributed by atoms with Gasteiger partial charge in [0.15, 0.2) is 23.9 Å². The number of para-hydroxylation sites is 1. The van der Waals surface area contributed by atoms with Crippen molar-refractivity contribution in [2.45, 2.75) is 0 Å². The molecule has 0 saturated heterocycles. The number of carbonyl (C=O) groups excluding carboxylic acids is 1. The van der Waals surface area contributed by atoms with Crippen LogP contribution in [0.15, 0.2) is 42.5 Å². The van der Waals surface area contributed by atoms with Crippen molar-refractivity contribution in [3.05, 3.63) is 53.6 Å². The van der Waals surface area contributed by atoms with Gasteiger partial charge in [-0.3, -0.25) is 4.79 Å². The normalized spacial score (nSPS) is 12.3. The number of fused-ring (bicyclic) bond motifs is 1. The van der Waals surface area contributed by atoms with E-state index in [1.165, 1.54) is 0 Å². The van der Waals surface area contributed by atoms with Crippen LogP contribution in [0.2, 0.25) is 0 Å². The molecule has 1 heterocycles. The van der Waals surface area contributed by atoms with E-state index in [0.29, 0.717) is 41.6 Å². The fraction of sp³-hybridized carbons (Fsp3) is 0.176. The van der Waals surface area contributed by atoms with Gasteiger partial charge in [0.1, 0.15) is 25.0 Å². The third-order valence-corrected chi connectivity index (χ3v) is 3.23. The van der Waals surface area contributed by atoms with Gasteiger partial charge in [-0.1, -0.05) is 12.1 Å². The van der Waals surface area contributed by atoms with Crippen LogP contribution in [-0.2, 0) is 0 Å². The average Bonchev–Trinajstić information content (AvgIpc) is 2.59. The predicted octanol–water partition coefficient (Wildman–Crippen LogP) is 2.59. The Labute approximate surface area is 127 Å². The number of ketones is 1. The average molecular weight is 295 g/mol. The van der Waals surface area contributed by atoms with Crippen molar-refractivity contribution in [2.75, 3.05) is 19.8 Å². The maximum Gasteiger partial charge on any atom is 0.200 e. The molecule has 0 spiro atoms. The van der Waals surface area contributed by atoms with Gasteiger partial charge in [-0.15, -0.1) is 0 Å². The van der Waals surface area contributed by atoms with Crippen molar-refractivity contribution in [2.24, 2.45) is 0 Å². The minimum Gasteiger partial charge on any atom is -0.486 e. The zero-order chi connectivity index (χ0) is 15.4. The van der Waals surface area contributed by atoms with E-state index in [4.69, 9.17) is 19.5 Å². The Morgan fingerprint density at radius 1 is 1.14 bits per heavy atom. The largest absolute Gasteiger partial charge is 0.486 e. The summed E-state index contributed by atoms with van der Waals surface area (Å²) in [5, 5.41) is 8.99. The van der Waals surface area contributed by atoms with Crippen molar-refractivity contribution in [3.8, 4) is 23.3 Å². The van der Waals surface area contributed by atoms with E-state index in [1.54, 1.807) is 42.5 Å². The molecule has 0 unspecified atom stereocenters. The van der Waals surface area contributed by atoms with E-state index in [2.05, 4.69) is 0 Å². The summed E-state index contributed by atoms with van der Waals surface area (Å²) in [5.74, 6) is 1.41. The molecule has 110 valence electrons. The Balaban J connectivity index is 1.71. The fourth-order valence-corrected chi connectivity index (χ4v) is 2.13. The summed E-state index contributed by atoms with van der Waals surface area (Å²) in [5.41, 5.74) is 0.885. The summed E-state index contributed by atoms with van der Waals surface area (Å²) in [6.45, 7) is 0.837. The SMILES string of the molecule is N#Cc1ccccc1OCC(=O)c1ccc2c(c1)OCCO2. The molecule has 0 radical (unpaired) electrons. The molecule has 0 saturated carbocycles. The van der Waals surface area contributed by atoms with Crippen molar-refractivity contribution >= 4 is 5.78 Å². The lowest BCUT2D eigenvalue weighted by Crippen LogP contribution is -2.17. The van der Waals surface area contributed by atoms with Gasteiger partial charge < -0.3 is 14.2 Å². The van der Waals surface area contributed by atoms with Gasteiger partial charge in [0.05, 0.1) is 5.56 Å². The first-order chi connectivity index (χ1) is 10.8. The number of rotatable bonds is 4. The summed E-state index contributed by atoms with van der Waals surface area (Å²) >= 11 is 0. The number of ether oxygens (including phenoxy) is 3. The van der Waals surface area contributed by atoms with Crippen molar-refractivity contribution in [1.29, 1.82) is 5.26 Å². The summed E-state index contributed by atoms with van der Waals surface area (Å²) in [4.78, 5) is 12.2. The van der Waals surface area contributed by atoms with Crippen LogP contribution in [0.1, 0.15) is 15.9 Å². The monoisotopic (exact) mass is 295 g/mol. The van der Waals surface area contributed by atoms with E-state index in [9.17, 15) is 4.79 Å².